The number of carbonyl (C=O) groups is 2. The first kappa shape index (κ1) is 20.9. The summed E-state index contributed by atoms with van der Waals surface area (Å²) in [4.78, 5) is 29.1. The Bertz CT molecular complexity index is 1100. The summed E-state index contributed by atoms with van der Waals surface area (Å²) in [5, 5.41) is 12.1. The molecule has 7 nitrogen and oxygen atoms in total. The van der Waals surface area contributed by atoms with Gasteiger partial charge >= 0.3 is 0 Å². The van der Waals surface area contributed by atoms with E-state index in [9.17, 15) is 14.0 Å². The predicted octanol–water partition coefficient (Wildman–Crippen LogP) is 3.65. The van der Waals surface area contributed by atoms with Gasteiger partial charge in [-0.1, -0.05) is 17.4 Å². The maximum absolute atomic E-state index is 13.5. The van der Waals surface area contributed by atoms with Crippen LogP contribution < -0.4 is 10.2 Å². The van der Waals surface area contributed by atoms with E-state index >= 15 is 0 Å². The van der Waals surface area contributed by atoms with Crippen molar-refractivity contribution in [2.45, 2.75) is 18.9 Å². The average Bonchev–Trinajstić information content (AvgIpc) is 3.43. The lowest BCUT2D eigenvalue weighted by atomic mass is 10.1. The zero-order valence-corrected chi connectivity index (χ0v) is 18.0. The van der Waals surface area contributed by atoms with Crippen LogP contribution in [0.5, 0.6) is 0 Å². The number of rotatable bonds is 5. The van der Waals surface area contributed by atoms with Crippen LogP contribution in [0.2, 0.25) is 0 Å². The van der Waals surface area contributed by atoms with Gasteiger partial charge in [-0.15, -0.1) is 10.2 Å². The first-order valence-electron chi connectivity index (χ1n) is 9.91. The molecule has 1 unspecified atom stereocenters. The van der Waals surface area contributed by atoms with Crippen molar-refractivity contribution in [2.24, 2.45) is 0 Å². The summed E-state index contributed by atoms with van der Waals surface area (Å²) >= 11 is 1.27. The molecule has 2 heterocycles. The molecule has 160 valence electrons. The number of halogens is 1. The fourth-order valence-corrected chi connectivity index (χ4v) is 4.30. The number of nitrogens with zero attached hydrogens (tertiary/aromatic N) is 4. The maximum Gasteiger partial charge on any atom is 0.254 e. The zero-order chi connectivity index (χ0) is 22.0. The van der Waals surface area contributed by atoms with Gasteiger partial charge in [0.2, 0.25) is 11.0 Å². The van der Waals surface area contributed by atoms with Gasteiger partial charge < -0.3 is 9.80 Å². The van der Waals surface area contributed by atoms with Crippen LogP contribution >= 0.6 is 11.3 Å². The highest BCUT2D eigenvalue weighted by Gasteiger charge is 2.35. The Morgan fingerprint density at radius 2 is 1.94 bits per heavy atom. The summed E-state index contributed by atoms with van der Waals surface area (Å²) in [5.41, 5.74) is 2.22. The quantitative estimate of drug-likeness (QED) is 0.657. The second kappa shape index (κ2) is 8.81. The third-order valence-electron chi connectivity index (χ3n) is 5.17. The summed E-state index contributed by atoms with van der Waals surface area (Å²) < 4.78 is 13.5. The third-order valence-corrected chi connectivity index (χ3v) is 6.06. The second-order valence-corrected chi connectivity index (χ2v) is 8.49. The van der Waals surface area contributed by atoms with Crippen molar-refractivity contribution < 1.29 is 14.0 Å². The fourth-order valence-electron chi connectivity index (χ4n) is 3.55. The molecule has 0 bridgehead atoms. The Morgan fingerprint density at radius 3 is 2.65 bits per heavy atom. The summed E-state index contributed by atoms with van der Waals surface area (Å²) in [7, 11) is 3.94. The molecular weight excluding hydrogens is 417 g/mol. The molecule has 0 spiro atoms. The number of carbonyl (C=O) groups excluding carboxylic acids is 2. The SMILES string of the molecule is CN(C)c1ccc(-c2nnc(NC(=O)C3CCCN3C(=O)c3cccc(F)c3)s2)cc1. The standard InChI is InChI=1S/C22H22FN5O2S/c1-27(2)17-10-8-14(9-11-17)20-25-26-22(31-20)24-19(29)18-7-4-12-28(18)21(30)15-5-3-6-16(23)13-15/h3,5-6,8-11,13,18H,4,7,12H2,1-2H3,(H,24,26,29). The van der Waals surface area contributed by atoms with Gasteiger partial charge in [-0.25, -0.2) is 4.39 Å². The number of nitrogens with one attached hydrogen (secondary N) is 1. The summed E-state index contributed by atoms with van der Waals surface area (Å²) in [6.45, 7) is 0.451. The van der Waals surface area contributed by atoms with Crippen molar-refractivity contribution in [1.82, 2.24) is 15.1 Å². The number of hydrogen-bond acceptors (Lipinski definition) is 6. The number of amides is 2. The van der Waals surface area contributed by atoms with Gasteiger partial charge in [0.1, 0.15) is 16.9 Å². The van der Waals surface area contributed by atoms with Gasteiger partial charge in [-0.05, 0) is 55.3 Å². The van der Waals surface area contributed by atoms with E-state index < -0.39 is 11.9 Å². The Labute approximate surface area is 183 Å². The van der Waals surface area contributed by atoms with Crippen molar-refractivity contribution in [3.05, 3.63) is 59.9 Å². The van der Waals surface area contributed by atoms with Crippen molar-refractivity contribution in [1.29, 1.82) is 0 Å². The van der Waals surface area contributed by atoms with Crippen molar-refractivity contribution in [2.75, 3.05) is 30.9 Å². The molecule has 1 aliphatic rings. The van der Waals surface area contributed by atoms with E-state index in [0.29, 0.717) is 29.5 Å². The molecule has 4 rings (SSSR count). The van der Waals surface area contributed by atoms with E-state index in [1.165, 1.54) is 34.4 Å². The monoisotopic (exact) mass is 439 g/mol. The number of aromatic nitrogens is 2. The lowest BCUT2D eigenvalue weighted by Crippen LogP contribution is -2.43. The molecule has 2 aromatic carbocycles. The fraction of sp³-hybridized carbons (Fsp3) is 0.273. The van der Waals surface area contributed by atoms with Crippen LogP contribution in [0.15, 0.2) is 48.5 Å². The van der Waals surface area contributed by atoms with Gasteiger partial charge in [0, 0.05) is 37.5 Å². The van der Waals surface area contributed by atoms with E-state index in [1.54, 1.807) is 6.07 Å². The Balaban J connectivity index is 1.45. The highest BCUT2D eigenvalue weighted by atomic mass is 32.1. The maximum atomic E-state index is 13.5. The molecule has 1 atom stereocenters. The van der Waals surface area contributed by atoms with Crippen LogP contribution in [-0.4, -0.2) is 53.6 Å². The normalized spacial score (nSPS) is 15.7. The minimum atomic E-state index is -0.623. The second-order valence-electron chi connectivity index (χ2n) is 7.51. The Kier molecular flexibility index (Phi) is 5.94. The molecule has 0 saturated carbocycles. The predicted molar refractivity (Wildman–Crippen MR) is 119 cm³/mol. The first-order valence-corrected chi connectivity index (χ1v) is 10.7. The lowest BCUT2D eigenvalue weighted by Gasteiger charge is -2.23. The van der Waals surface area contributed by atoms with Crippen molar-refractivity contribution in [3.8, 4) is 10.6 Å². The van der Waals surface area contributed by atoms with Crippen LogP contribution in [0.4, 0.5) is 15.2 Å². The molecule has 9 heteroatoms. The molecule has 1 N–H and O–H groups in total. The largest absolute Gasteiger partial charge is 0.378 e. The zero-order valence-electron chi connectivity index (χ0n) is 17.2. The topological polar surface area (TPSA) is 78.4 Å². The van der Waals surface area contributed by atoms with Crippen LogP contribution in [0.3, 0.4) is 0 Å². The van der Waals surface area contributed by atoms with Crippen molar-refractivity contribution >= 4 is 34.0 Å². The van der Waals surface area contributed by atoms with Crippen LogP contribution in [-0.2, 0) is 4.79 Å². The highest BCUT2D eigenvalue weighted by molar-refractivity contribution is 7.18. The lowest BCUT2D eigenvalue weighted by molar-refractivity contribution is -0.119. The first-order chi connectivity index (χ1) is 14.9. The number of benzene rings is 2. The molecule has 2 amide bonds. The molecule has 0 aliphatic carbocycles. The molecule has 1 aromatic heterocycles. The smallest absolute Gasteiger partial charge is 0.254 e. The number of anilines is 2. The van der Waals surface area contributed by atoms with E-state index in [2.05, 4.69) is 15.5 Å². The third kappa shape index (κ3) is 4.56. The van der Waals surface area contributed by atoms with Gasteiger partial charge in [0.05, 0.1) is 0 Å². The van der Waals surface area contributed by atoms with Crippen molar-refractivity contribution in [3.63, 3.8) is 0 Å². The van der Waals surface area contributed by atoms with E-state index in [0.717, 1.165) is 11.3 Å². The minimum absolute atomic E-state index is 0.235. The van der Waals surface area contributed by atoms with E-state index in [4.69, 9.17) is 0 Å². The highest BCUT2D eigenvalue weighted by Crippen LogP contribution is 2.29. The molecule has 1 fully saturated rings. The van der Waals surface area contributed by atoms with Gasteiger partial charge in [0.25, 0.3) is 5.91 Å². The van der Waals surface area contributed by atoms with E-state index in [1.807, 2.05) is 43.3 Å². The Hall–Kier alpha value is -3.33. The molecule has 1 aliphatic heterocycles. The van der Waals surface area contributed by atoms with Crippen LogP contribution in [0.1, 0.15) is 23.2 Å². The molecule has 31 heavy (non-hydrogen) atoms. The Morgan fingerprint density at radius 1 is 1.16 bits per heavy atom. The number of hydrogen-bond donors (Lipinski definition) is 1. The summed E-state index contributed by atoms with van der Waals surface area (Å²) in [6.07, 6.45) is 1.25. The molecular formula is C22H22FN5O2S. The van der Waals surface area contributed by atoms with Gasteiger partial charge in [0.15, 0.2) is 0 Å². The molecule has 1 saturated heterocycles. The summed E-state index contributed by atoms with van der Waals surface area (Å²) in [5.74, 6) is -1.14. The van der Waals surface area contributed by atoms with Crippen LogP contribution in [0.25, 0.3) is 10.6 Å². The van der Waals surface area contributed by atoms with Gasteiger partial charge in [-0.3, -0.25) is 14.9 Å². The molecule has 0 radical (unpaired) electrons. The average molecular weight is 440 g/mol. The number of likely N-dealkylation sites (tertiary alicyclic amines) is 1. The van der Waals surface area contributed by atoms with Gasteiger partial charge in [-0.2, -0.15) is 0 Å². The summed E-state index contributed by atoms with van der Waals surface area (Å²) in [6, 6.07) is 12.8. The molecule has 3 aromatic rings. The minimum Gasteiger partial charge on any atom is -0.378 e. The van der Waals surface area contributed by atoms with Crippen LogP contribution in [0, 0.1) is 5.82 Å². The van der Waals surface area contributed by atoms with E-state index in [-0.39, 0.29) is 17.4 Å².